The first-order valence-corrected chi connectivity index (χ1v) is 6.12. The first-order valence-electron chi connectivity index (χ1n) is 6.12. The molecule has 1 aliphatic carbocycles. The Hall–Kier alpha value is -1.02. The minimum absolute atomic E-state index is 0.347. The maximum Gasteiger partial charge on any atom is 0.125 e. The van der Waals surface area contributed by atoms with Crippen molar-refractivity contribution in [3.05, 3.63) is 29.3 Å². The predicted octanol–water partition coefficient (Wildman–Crippen LogP) is 3.37. The van der Waals surface area contributed by atoms with E-state index < -0.39 is 6.10 Å². The number of aliphatic hydroxyl groups is 1. The lowest BCUT2D eigenvalue weighted by atomic mass is 10.1. The zero-order valence-corrected chi connectivity index (χ0v) is 10.1. The summed E-state index contributed by atoms with van der Waals surface area (Å²) in [5, 5.41) is 9.72. The molecule has 1 aliphatic rings. The molecule has 0 unspecified atom stereocenters. The number of rotatable bonds is 3. The first kappa shape index (κ1) is 11.5. The molecule has 0 bridgehead atoms. The molecular weight excluding hydrogens is 200 g/mol. The number of benzene rings is 1. The van der Waals surface area contributed by atoms with Crippen LogP contribution >= 0.6 is 0 Å². The number of aryl methyl sites for hydroxylation is 1. The smallest absolute Gasteiger partial charge is 0.125 e. The van der Waals surface area contributed by atoms with Crippen LogP contribution in [0.3, 0.4) is 0 Å². The van der Waals surface area contributed by atoms with E-state index in [1.165, 1.54) is 12.8 Å². The Labute approximate surface area is 97.3 Å². The lowest BCUT2D eigenvalue weighted by Crippen LogP contribution is -2.12. The van der Waals surface area contributed by atoms with E-state index in [-0.39, 0.29) is 0 Å². The quantitative estimate of drug-likeness (QED) is 0.846. The van der Waals surface area contributed by atoms with Crippen LogP contribution in [0.4, 0.5) is 0 Å². The van der Waals surface area contributed by atoms with Crippen LogP contribution in [0.5, 0.6) is 5.75 Å². The molecule has 0 saturated heterocycles. The Balaban J connectivity index is 2.18. The first-order chi connectivity index (χ1) is 7.66. The number of hydrogen-bond acceptors (Lipinski definition) is 2. The summed E-state index contributed by atoms with van der Waals surface area (Å²) in [6, 6.07) is 6.03. The topological polar surface area (TPSA) is 29.5 Å². The van der Waals surface area contributed by atoms with Crippen molar-refractivity contribution in [2.24, 2.45) is 0 Å². The molecule has 0 spiro atoms. The van der Waals surface area contributed by atoms with Crippen molar-refractivity contribution in [1.82, 2.24) is 0 Å². The fourth-order valence-corrected chi connectivity index (χ4v) is 2.29. The van der Waals surface area contributed by atoms with Gasteiger partial charge in [0.25, 0.3) is 0 Å². The Morgan fingerprint density at radius 3 is 2.62 bits per heavy atom. The monoisotopic (exact) mass is 220 g/mol. The van der Waals surface area contributed by atoms with E-state index in [0.717, 1.165) is 29.7 Å². The maximum atomic E-state index is 9.72. The highest BCUT2D eigenvalue weighted by atomic mass is 16.5. The van der Waals surface area contributed by atoms with Crippen LogP contribution in [0.15, 0.2) is 18.2 Å². The minimum atomic E-state index is -0.462. The summed E-state index contributed by atoms with van der Waals surface area (Å²) in [5.41, 5.74) is 2.07. The zero-order chi connectivity index (χ0) is 11.5. The van der Waals surface area contributed by atoms with E-state index in [2.05, 4.69) is 0 Å². The lowest BCUT2D eigenvalue weighted by Gasteiger charge is -2.18. The van der Waals surface area contributed by atoms with E-state index >= 15 is 0 Å². The average Bonchev–Trinajstić information content (AvgIpc) is 2.73. The second-order valence-corrected chi connectivity index (χ2v) is 4.74. The van der Waals surface area contributed by atoms with Crippen LogP contribution < -0.4 is 4.74 Å². The van der Waals surface area contributed by atoms with Crippen LogP contribution in [0.1, 0.15) is 49.8 Å². The van der Waals surface area contributed by atoms with Crippen molar-refractivity contribution in [2.45, 2.75) is 51.7 Å². The third-order valence-corrected chi connectivity index (χ3v) is 3.21. The average molecular weight is 220 g/mol. The highest BCUT2D eigenvalue weighted by Crippen LogP contribution is 2.30. The van der Waals surface area contributed by atoms with Crippen LogP contribution in [0.25, 0.3) is 0 Å². The van der Waals surface area contributed by atoms with Gasteiger partial charge in [-0.3, -0.25) is 0 Å². The molecule has 0 aliphatic heterocycles. The van der Waals surface area contributed by atoms with Crippen LogP contribution in [-0.4, -0.2) is 11.2 Å². The molecule has 16 heavy (non-hydrogen) atoms. The molecular formula is C14H20O2. The molecule has 1 atom stereocenters. The molecule has 1 saturated carbocycles. The number of hydrogen-bond donors (Lipinski definition) is 1. The summed E-state index contributed by atoms with van der Waals surface area (Å²) in [5.74, 6) is 0.854. The second kappa shape index (κ2) is 4.88. The Kier molecular flexibility index (Phi) is 3.49. The van der Waals surface area contributed by atoms with Gasteiger partial charge in [-0.1, -0.05) is 11.6 Å². The summed E-state index contributed by atoms with van der Waals surface area (Å²) < 4.78 is 5.96. The van der Waals surface area contributed by atoms with Crippen LogP contribution in [0.2, 0.25) is 0 Å². The molecule has 0 aromatic heterocycles. The van der Waals surface area contributed by atoms with Gasteiger partial charge in [0, 0.05) is 5.56 Å². The normalized spacial score (nSPS) is 18.7. The molecule has 1 aromatic rings. The van der Waals surface area contributed by atoms with Crippen LogP contribution in [0, 0.1) is 6.92 Å². The lowest BCUT2D eigenvalue weighted by molar-refractivity contribution is 0.174. The molecule has 2 rings (SSSR count). The molecule has 1 fully saturated rings. The van der Waals surface area contributed by atoms with Gasteiger partial charge in [0.2, 0.25) is 0 Å². The number of aliphatic hydroxyl groups excluding tert-OH is 1. The van der Waals surface area contributed by atoms with Gasteiger partial charge in [-0.05, 0) is 51.7 Å². The predicted molar refractivity (Wildman–Crippen MR) is 64.7 cm³/mol. The molecule has 1 N–H and O–H groups in total. The summed E-state index contributed by atoms with van der Waals surface area (Å²) in [6.07, 6.45) is 4.71. The van der Waals surface area contributed by atoms with E-state index in [9.17, 15) is 5.11 Å². The number of ether oxygens (including phenoxy) is 1. The molecule has 1 aromatic carbocycles. The summed E-state index contributed by atoms with van der Waals surface area (Å²) >= 11 is 0. The fraction of sp³-hybridized carbons (Fsp3) is 0.571. The molecule has 2 nitrogen and oxygen atoms in total. The van der Waals surface area contributed by atoms with E-state index in [1.54, 1.807) is 6.92 Å². The van der Waals surface area contributed by atoms with Crippen molar-refractivity contribution >= 4 is 0 Å². The van der Waals surface area contributed by atoms with E-state index in [4.69, 9.17) is 4.74 Å². The van der Waals surface area contributed by atoms with E-state index in [0.29, 0.717) is 6.10 Å². The van der Waals surface area contributed by atoms with Gasteiger partial charge in [-0.15, -0.1) is 0 Å². The van der Waals surface area contributed by atoms with Gasteiger partial charge < -0.3 is 9.84 Å². The molecule has 88 valence electrons. The summed E-state index contributed by atoms with van der Waals surface area (Å²) in [6.45, 7) is 3.82. The summed E-state index contributed by atoms with van der Waals surface area (Å²) in [7, 11) is 0. The van der Waals surface area contributed by atoms with Gasteiger partial charge in [0.05, 0.1) is 12.2 Å². The van der Waals surface area contributed by atoms with Crippen molar-refractivity contribution in [1.29, 1.82) is 0 Å². The molecule has 0 radical (unpaired) electrons. The molecule has 0 heterocycles. The van der Waals surface area contributed by atoms with Crippen LogP contribution in [-0.2, 0) is 0 Å². The van der Waals surface area contributed by atoms with Gasteiger partial charge in [0.1, 0.15) is 5.75 Å². The standard InChI is InChI=1S/C14H20O2/c1-10-7-8-14(13(9-10)11(2)15)16-12-5-3-4-6-12/h7-9,11-12,15H,3-6H2,1-2H3/t11-/m1/s1. The van der Waals surface area contributed by atoms with Crippen molar-refractivity contribution in [3.8, 4) is 5.75 Å². The van der Waals surface area contributed by atoms with E-state index in [1.807, 2.05) is 25.1 Å². The van der Waals surface area contributed by atoms with Gasteiger partial charge in [-0.25, -0.2) is 0 Å². The minimum Gasteiger partial charge on any atom is -0.490 e. The Morgan fingerprint density at radius 1 is 1.31 bits per heavy atom. The third kappa shape index (κ3) is 2.56. The van der Waals surface area contributed by atoms with Gasteiger partial charge in [-0.2, -0.15) is 0 Å². The van der Waals surface area contributed by atoms with Gasteiger partial charge >= 0.3 is 0 Å². The van der Waals surface area contributed by atoms with Crippen molar-refractivity contribution in [3.63, 3.8) is 0 Å². The third-order valence-electron chi connectivity index (χ3n) is 3.21. The SMILES string of the molecule is Cc1ccc(OC2CCCC2)c([C@@H](C)O)c1. The maximum absolute atomic E-state index is 9.72. The Morgan fingerprint density at radius 2 is 2.00 bits per heavy atom. The summed E-state index contributed by atoms with van der Waals surface area (Å²) in [4.78, 5) is 0. The Bertz CT molecular complexity index is 352. The van der Waals surface area contributed by atoms with Gasteiger partial charge in [0.15, 0.2) is 0 Å². The highest BCUT2D eigenvalue weighted by Gasteiger charge is 2.18. The zero-order valence-electron chi connectivity index (χ0n) is 10.1. The fourth-order valence-electron chi connectivity index (χ4n) is 2.29. The molecule has 2 heteroatoms. The molecule has 0 amide bonds. The largest absolute Gasteiger partial charge is 0.490 e. The van der Waals surface area contributed by atoms with Crippen molar-refractivity contribution < 1.29 is 9.84 Å². The highest BCUT2D eigenvalue weighted by molar-refractivity contribution is 5.38. The van der Waals surface area contributed by atoms with Crippen molar-refractivity contribution in [2.75, 3.05) is 0 Å². The second-order valence-electron chi connectivity index (χ2n) is 4.74.